The lowest BCUT2D eigenvalue weighted by atomic mass is 9.32. The maximum absolute atomic E-state index is 13.0. The number of carbonyl (C=O) groups is 3. The molecule has 0 aromatic heterocycles. The van der Waals surface area contributed by atoms with E-state index in [1.54, 1.807) is 13.8 Å². The van der Waals surface area contributed by atoms with Crippen LogP contribution >= 0.6 is 0 Å². The minimum atomic E-state index is -0.202. The number of rotatable bonds is 4. The molecule has 0 aromatic carbocycles. The number of esters is 2. The first-order chi connectivity index (χ1) is 17.6. The Morgan fingerprint density at radius 3 is 2.05 bits per heavy atom. The molecule has 5 aliphatic rings. The monoisotopic (exact) mass is 528 g/mol. The van der Waals surface area contributed by atoms with E-state index >= 15 is 0 Å². The Bertz CT molecular complexity index is 1000. The van der Waals surface area contributed by atoms with E-state index in [9.17, 15) is 14.4 Å². The maximum atomic E-state index is 13.0. The van der Waals surface area contributed by atoms with Crippen LogP contribution in [0.3, 0.4) is 0 Å². The van der Waals surface area contributed by atoms with Crippen molar-refractivity contribution in [2.24, 2.45) is 56.7 Å². The van der Waals surface area contributed by atoms with Crippen molar-refractivity contribution < 1.29 is 23.9 Å². The van der Waals surface area contributed by atoms with E-state index in [2.05, 4.69) is 34.6 Å². The molecule has 0 saturated heterocycles. The summed E-state index contributed by atoms with van der Waals surface area (Å²) in [7, 11) is 0. The second-order valence-electron chi connectivity index (χ2n) is 15.6. The van der Waals surface area contributed by atoms with E-state index in [-0.39, 0.29) is 51.0 Å². The molecule has 0 unspecified atom stereocenters. The Labute approximate surface area is 230 Å². The van der Waals surface area contributed by atoms with Crippen molar-refractivity contribution in [2.45, 2.75) is 126 Å². The highest BCUT2D eigenvalue weighted by Crippen LogP contribution is 2.77. The molecule has 0 aromatic rings. The van der Waals surface area contributed by atoms with E-state index in [1.165, 1.54) is 32.6 Å². The fourth-order valence-electron chi connectivity index (χ4n) is 12.1. The number of hydrogen-bond donors (Lipinski definition) is 0. The SMILES string of the molecule is CC(=O)OC[C@]12CC[C@@H](C(C)=O)[C@H]1[C@@H]1CC[C@@H]3[C@]4(C)CC[C@H](OC(C)=O)C(C)(C)[C@@H]4CC[C@]3(C)[C@]1(C)CC2. The summed E-state index contributed by atoms with van der Waals surface area (Å²) < 4.78 is 11.6. The lowest BCUT2D eigenvalue weighted by molar-refractivity contribution is -0.252. The third-order valence-electron chi connectivity index (χ3n) is 13.9. The van der Waals surface area contributed by atoms with Crippen molar-refractivity contribution >= 4 is 17.7 Å². The molecule has 0 radical (unpaired) electrons. The molecule has 5 rings (SSSR count). The molecular weight excluding hydrogens is 476 g/mol. The molecule has 0 N–H and O–H groups in total. The van der Waals surface area contributed by atoms with Gasteiger partial charge in [-0.2, -0.15) is 0 Å². The Hall–Kier alpha value is -1.39. The van der Waals surface area contributed by atoms with Crippen LogP contribution in [0.15, 0.2) is 0 Å². The van der Waals surface area contributed by atoms with Crippen molar-refractivity contribution in [3.05, 3.63) is 0 Å². The number of Topliss-reactive ketones (excluding diaryl/α,β-unsaturated/α-hetero) is 1. The number of hydrogen-bond acceptors (Lipinski definition) is 5. The molecule has 0 bridgehead atoms. The summed E-state index contributed by atoms with van der Waals surface area (Å²) in [6.45, 7) is 17.8. The standard InChI is InChI=1S/C33H52O5/c1-20(34)23-11-16-33(19-37-21(2)35)18-17-31(7)24(28(23)33)9-10-26-30(6)14-13-27(38-22(3)36)29(4,5)25(30)12-15-32(26,31)8/h23-28H,9-19H2,1-8H3/t23-,24-,25-,26+,27-,28-,30+,31+,32-,33+/m0/s1. The highest BCUT2D eigenvalue weighted by atomic mass is 16.5. The molecule has 5 saturated carbocycles. The van der Waals surface area contributed by atoms with Crippen LogP contribution in [0.5, 0.6) is 0 Å². The Morgan fingerprint density at radius 2 is 1.42 bits per heavy atom. The van der Waals surface area contributed by atoms with Crippen molar-refractivity contribution in [2.75, 3.05) is 6.61 Å². The van der Waals surface area contributed by atoms with Gasteiger partial charge in [-0.05, 0) is 111 Å². The summed E-state index contributed by atoms with van der Waals surface area (Å²) in [5.41, 5.74) is 0.532. The molecule has 38 heavy (non-hydrogen) atoms. The fourth-order valence-corrected chi connectivity index (χ4v) is 12.1. The average molecular weight is 529 g/mol. The van der Waals surface area contributed by atoms with Gasteiger partial charge in [0.05, 0.1) is 6.61 Å². The third-order valence-corrected chi connectivity index (χ3v) is 13.9. The molecule has 0 spiro atoms. The minimum Gasteiger partial charge on any atom is -0.465 e. The van der Waals surface area contributed by atoms with Gasteiger partial charge in [0.25, 0.3) is 0 Å². The van der Waals surface area contributed by atoms with Crippen LogP contribution in [0.2, 0.25) is 0 Å². The number of fused-ring (bicyclic) bond motifs is 7. The molecule has 5 nitrogen and oxygen atoms in total. The van der Waals surface area contributed by atoms with Crippen LogP contribution in [0.4, 0.5) is 0 Å². The summed E-state index contributed by atoms with van der Waals surface area (Å²) in [5, 5.41) is 0. The van der Waals surface area contributed by atoms with Gasteiger partial charge in [-0.3, -0.25) is 14.4 Å². The van der Waals surface area contributed by atoms with Crippen molar-refractivity contribution in [3.63, 3.8) is 0 Å². The summed E-state index contributed by atoms with van der Waals surface area (Å²) in [4.78, 5) is 36.8. The highest BCUT2D eigenvalue weighted by Gasteiger charge is 2.71. The maximum Gasteiger partial charge on any atom is 0.302 e. The summed E-state index contributed by atoms with van der Waals surface area (Å²) >= 11 is 0. The molecule has 5 fully saturated rings. The molecule has 5 heteroatoms. The third kappa shape index (κ3) is 3.79. The Morgan fingerprint density at radius 1 is 0.711 bits per heavy atom. The molecule has 0 heterocycles. The summed E-state index contributed by atoms with van der Waals surface area (Å²) in [5.74, 6) is 2.05. The van der Waals surface area contributed by atoms with Gasteiger partial charge in [-0.25, -0.2) is 0 Å². The largest absolute Gasteiger partial charge is 0.465 e. The predicted octanol–water partition coefficient (Wildman–Crippen LogP) is 7.15. The fraction of sp³-hybridized carbons (Fsp3) is 0.909. The van der Waals surface area contributed by atoms with Crippen LogP contribution in [-0.4, -0.2) is 30.4 Å². The summed E-state index contributed by atoms with van der Waals surface area (Å²) in [6.07, 6.45) is 11.0. The Kier molecular flexibility index (Phi) is 6.71. The zero-order valence-electron chi connectivity index (χ0n) is 25.3. The van der Waals surface area contributed by atoms with Crippen molar-refractivity contribution in [1.29, 1.82) is 0 Å². The van der Waals surface area contributed by atoms with E-state index in [0.717, 1.165) is 38.5 Å². The molecule has 5 aliphatic carbocycles. The van der Waals surface area contributed by atoms with E-state index < -0.39 is 0 Å². The quantitative estimate of drug-likeness (QED) is 0.362. The molecule has 0 aliphatic heterocycles. The molecule has 214 valence electrons. The second-order valence-corrected chi connectivity index (χ2v) is 15.6. The van der Waals surface area contributed by atoms with Gasteiger partial charge in [-0.1, -0.05) is 34.6 Å². The number of ether oxygens (including phenoxy) is 2. The first kappa shape index (κ1) is 28.1. The smallest absolute Gasteiger partial charge is 0.302 e. The lowest BCUT2D eigenvalue weighted by Crippen LogP contribution is -2.67. The molecular formula is C33H52O5. The van der Waals surface area contributed by atoms with E-state index in [1.807, 2.05) is 0 Å². The first-order valence-corrected chi connectivity index (χ1v) is 15.4. The second kappa shape index (κ2) is 9.06. The highest BCUT2D eigenvalue weighted by molar-refractivity contribution is 5.79. The normalized spacial score (nSPS) is 49.1. The van der Waals surface area contributed by atoms with Crippen LogP contribution < -0.4 is 0 Å². The van der Waals surface area contributed by atoms with Gasteiger partial charge in [0.15, 0.2) is 0 Å². The van der Waals surface area contributed by atoms with Gasteiger partial charge in [-0.15, -0.1) is 0 Å². The molecule has 10 atom stereocenters. The van der Waals surface area contributed by atoms with Crippen molar-refractivity contribution in [3.8, 4) is 0 Å². The predicted molar refractivity (Wildman–Crippen MR) is 147 cm³/mol. The van der Waals surface area contributed by atoms with Crippen LogP contribution in [-0.2, 0) is 23.9 Å². The number of carbonyl (C=O) groups excluding carboxylic acids is 3. The molecule has 0 amide bonds. The van der Waals surface area contributed by atoms with E-state index in [4.69, 9.17) is 9.47 Å². The average Bonchev–Trinajstić information content (AvgIpc) is 3.20. The Balaban J connectivity index is 1.49. The van der Waals surface area contributed by atoms with Gasteiger partial charge in [0.2, 0.25) is 0 Å². The van der Waals surface area contributed by atoms with Gasteiger partial charge in [0, 0.05) is 30.6 Å². The van der Waals surface area contributed by atoms with Gasteiger partial charge < -0.3 is 9.47 Å². The van der Waals surface area contributed by atoms with Gasteiger partial charge >= 0.3 is 11.9 Å². The summed E-state index contributed by atoms with van der Waals surface area (Å²) in [6, 6.07) is 0. The van der Waals surface area contributed by atoms with E-state index in [0.29, 0.717) is 36.1 Å². The van der Waals surface area contributed by atoms with Crippen LogP contribution in [0.25, 0.3) is 0 Å². The topological polar surface area (TPSA) is 69.7 Å². The van der Waals surface area contributed by atoms with Crippen molar-refractivity contribution in [1.82, 2.24) is 0 Å². The first-order valence-electron chi connectivity index (χ1n) is 15.4. The number of ketones is 1. The van der Waals surface area contributed by atoms with Crippen LogP contribution in [0.1, 0.15) is 120 Å². The van der Waals surface area contributed by atoms with Gasteiger partial charge in [0.1, 0.15) is 11.9 Å². The van der Waals surface area contributed by atoms with Crippen LogP contribution in [0, 0.1) is 56.7 Å². The minimum absolute atomic E-state index is 0.000688. The zero-order chi connectivity index (χ0) is 27.9. The lowest BCUT2D eigenvalue weighted by Gasteiger charge is -2.73. The zero-order valence-corrected chi connectivity index (χ0v) is 25.3.